The second kappa shape index (κ2) is 7.37. The summed E-state index contributed by atoms with van der Waals surface area (Å²) in [7, 11) is 0. The molecule has 1 saturated heterocycles. The molecule has 1 aliphatic heterocycles. The van der Waals surface area contributed by atoms with Crippen molar-refractivity contribution in [3.05, 3.63) is 16.9 Å². The van der Waals surface area contributed by atoms with Gasteiger partial charge in [-0.3, -0.25) is 0 Å². The minimum atomic E-state index is 0.599. The maximum atomic E-state index is 4.74. The molecular formula is C15H23N5S2. The molecule has 1 aliphatic rings. The Morgan fingerprint density at radius 2 is 2.09 bits per heavy atom. The van der Waals surface area contributed by atoms with Crippen LogP contribution in [0.1, 0.15) is 38.2 Å². The van der Waals surface area contributed by atoms with Crippen LogP contribution >= 0.6 is 22.9 Å². The van der Waals surface area contributed by atoms with Crippen LogP contribution in [0.3, 0.4) is 0 Å². The first-order valence-corrected chi connectivity index (χ1v) is 9.62. The number of thiazole rings is 1. The predicted molar refractivity (Wildman–Crippen MR) is 94.2 cm³/mol. The standard InChI is InChI=1S/C15H23N5S2/c1-11(2)9-13-18-14(22-19-13)16-6-5-12-10-21-15(17-12)20-7-3-4-8-20/h10-11H,3-9H2,1-2H3,(H,16,18,19). The van der Waals surface area contributed by atoms with Crippen molar-refractivity contribution in [2.75, 3.05) is 29.9 Å². The Labute approximate surface area is 140 Å². The molecule has 0 atom stereocenters. The Kier molecular flexibility index (Phi) is 5.25. The van der Waals surface area contributed by atoms with E-state index in [0.29, 0.717) is 5.92 Å². The summed E-state index contributed by atoms with van der Waals surface area (Å²) in [5.74, 6) is 1.55. The van der Waals surface area contributed by atoms with Crippen molar-refractivity contribution >= 4 is 33.1 Å². The summed E-state index contributed by atoms with van der Waals surface area (Å²) in [4.78, 5) is 11.7. The average Bonchev–Trinajstić information content (AvgIpc) is 3.18. The van der Waals surface area contributed by atoms with Crippen LogP contribution in [0.2, 0.25) is 0 Å². The van der Waals surface area contributed by atoms with E-state index in [1.807, 2.05) is 0 Å². The molecule has 0 unspecified atom stereocenters. The highest BCUT2D eigenvalue weighted by Crippen LogP contribution is 2.24. The fraction of sp³-hybridized carbons (Fsp3) is 0.667. The van der Waals surface area contributed by atoms with Crippen LogP contribution in [0.5, 0.6) is 0 Å². The SMILES string of the molecule is CC(C)Cc1nsc(NCCc2csc(N3CCCC3)n2)n1. The summed E-state index contributed by atoms with van der Waals surface area (Å²) in [5.41, 5.74) is 1.17. The van der Waals surface area contributed by atoms with Crippen molar-refractivity contribution < 1.29 is 0 Å². The lowest BCUT2D eigenvalue weighted by Crippen LogP contribution is -2.17. The second-order valence-electron chi connectivity index (χ2n) is 6.11. The molecule has 1 N–H and O–H groups in total. The molecule has 2 aromatic rings. The Balaban J connectivity index is 1.45. The molecular weight excluding hydrogens is 314 g/mol. The number of hydrogen-bond acceptors (Lipinski definition) is 7. The van der Waals surface area contributed by atoms with Gasteiger partial charge in [0, 0.05) is 49.4 Å². The van der Waals surface area contributed by atoms with Crippen LogP contribution in [0.15, 0.2) is 5.38 Å². The summed E-state index contributed by atoms with van der Waals surface area (Å²) >= 11 is 3.22. The van der Waals surface area contributed by atoms with Crippen LogP contribution < -0.4 is 10.2 Å². The van der Waals surface area contributed by atoms with E-state index in [-0.39, 0.29) is 0 Å². The van der Waals surface area contributed by atoms with Crippen molar-refractivity contribution in [1.29, 1.82) is 0 Å². The highest BCUT2D eigenvalue weighted by molar-refractivity contribution is 7.13. The normalized spacial score (nSPS) is 15.0. The molecule has 0 aliphatic carbocycles. The van der Waals surface area contributed by atoms with Gasteiger partial charge in [0.2, 0.25) is 5.13 Å². The molecule has 0 bridgehead atoms. The van der Waals surface area contributed by atoms with Gasteiger partial charge in [0.25, 0.3) is 0 Å². The van der Waals surface area contributed by atoms with Crippen LogP contribution in [0.4, 0.5) is 10.3 Å². The van der Waals surface area contributed by atoms with Gasteiger partial charge in [-0.05, 0) is 18.8 Å². The topological polar surface area (TPSA) is 53.9 Å². The molecule has 0 amide bonds. The fourth-order valence-electron chi connectivity index (χ4n) is 2.54. The minimum Gasteiger partial charge on any atom is -0.360 e. The number of rotatable bonds is 7. The van der Waals surface area contributed by atoms with Gasteiger partial charge in [0.05, 0.1) is 5.69 Å². The van der Waals surface area contributed by atoms with Crippen LogP contribution in [-0.2, 0) is 12.8 Å². The molecule has 0 radical (unpaired) electrons. The molecule has 3 heterocycles. The Morgan fingerprint density at radius 1 is 1.27 bits per heavy atom. The van der Waals surface area contributed by atoms with Crippen molar-refractivity contribution in [1.82, 2.24) is 14.3 Å². The van der Waals surface area contributed by atoms with E-state index in [9.17, 15) is 0 Å². The van der Waals surface area contributed by atoms with Gasteiger partial charge in [0.1, 0.15) is 5.82 Å². The minimum absolute atomic E-state index is 0.599. The summed E-state index contributed by atoms with van der Waals surface area (Å²) in [6.07, 6.45) is 4.48. The van der Waals surface area contributed by atoms with Crippen molar-refractivity contribution in [3.63, 3.8) is 0 Å². The Hall–Kier alpha value is -1.21. The number of nitrogens with zero attached hydrogens (tertiary/aromatic N) is 4. The van der Waals surface area contributed by atoms with Crippen LogP contribution in [-0.4, -0.2) is 34.0 Å². The fourth-order valence-corrected chi connectivity index (χ4v) is 4.07. The van der Waals surface area contributed by atoms with Crippen molar-refractivity contribution in [2.24, 2.45) is 5.92 Å². The number of anilines is 2. The van der Waals surface area contributed by atoms with E-state index < -0.39 is 0 Å². The van der Waals surface area contributed by atoms with Gasteiger partial charge in [-0.2, -0.15) is 4.37 Å². The highest BCUT2D eigenvalue weighted by Gasteiger charge is 2.15. The predicted octanol–water partition coefficient (Wildman–Crippen LogP) is 3.45. The van der Waals surface area contributed by atoms with E-state index >= 15 is 0 Å². The van der Waals surface area contributed by atoms with E-state index in [0.717, 1.165) is 43.4 Å². The largest absolute Gasteiger partial charge is 0.360 e. The summed E-state index contributed by atoms with van der Waals surface area (Å²) < 4.78 is 4.39. The van der Waals surface area contributed by atoms with Gasteiger partial charge >= 0.3 is 0 Å². The van der Waals surface area contributed by atoms with E-state index in [1.54, 1.807) is 11.3 Å². The third kappa shape index (κ3) is 4.16. The zero-order chi connectivity index (χ0) is 15.4. The number of nitrogens with one attached hydrogen (secondary N) is 1. The van der Waals surface area contributed by atoms with Gasteiger partial charge < -0.3 is 10.2 Å². The molecule has 1 fully saturated rings. The van der Waals surface area contributed by atoms with Crippen molar-refractivity contribution in [2.45, 2.75) is 39.5 Å². The third-order valence-electron chi connectivity index (χ3n) is 3.63. The first-order chi connectivity index (χ1) is 10.7. The lowest BCUT2D eigenvalue weighted by molar-refractivity contribution is 0.627. The van der Waals surface area contributed by atoms with E-state index in [1.165, 1.54) is 35.2 Å². The lowest BCUT2D eigenvalue weighted by Gasteiger charge is -2.12. The molecule has 5 nitrogen and oxygen atoms in total. The third-order valence-corrected chi connectivity index (χ3v) is 5.29. The van der Waals surface area contributed by atoms with Gasteiger partial charge in [0.15, 0.2) is 5.13 Å². The maximum absolute atomic E-state index is 4.74. The average molecular weight is 338 g/mol. The number of hydrogen-bond donors (Lipinski definition) is 1. The monoisotopic (exact) mass is 337 g/mol. The molecule has 7 heteroatoms. The lowest BCUT2D eigenvalue weighted by atomic mass is 10.1. The Morgan fingerprint density at radius 3 is 2.86 bits per heavy atom. The van der Waals surface area contributed by atoms with E-state index in [2.05, 4.69) is 38.8 Å². The molecule has 0 saturated carbocycles. The van der Waals surface area contributed by atoms with Gasteiger partial charge in [-0.1, -0.05) is 13.8 Å². The molecule has 120 valence electrons. The quantitative estimate of drug-likeness (QED) is 0.838. The van der Waals surface area contributed by atoms with Crippen molar-refractivity contribution in [3.8, 4) is 0 Å². The number of aromatic nitrogens is 3. The Bertz CT molecular complexity index is 586. The second-order valence-corrected chi connectivity index (χ2v) is 7.69. The summed E-state index contributed by atoms with van der Waals surface area (Å²) in [6.45, 7) is 7.56. The smallest absolute Gasteiger partial charge is 0.202 e. The molecule has 0 spiro atoms. The van der Waals surface area contributed by atoms with E-state index in [4.69, 9.17) is 4.98 Å². The molecule has 2 aromatic heterocycles. The van der Waals surface area contributed by atoms with Gasteiger partial charge in [-0.15, -0.1) is 11.3 Å². The zero-order valence-corrected chi connectivity index (χ0v) is 14.8. The zero-order valence-electron chi connectivity index (χ0n) is 13.2. The molecule has 3 rings (SSSR count). The van der Waals surface area contributed by atoms with Crippen LogP contribution in [0, 0.1) is 5.92 Å². The maximum Gasteiger partial charge on any atom is 0.202 e. The highest BCUT2D eigenvalue weighted by atomic mass is 32.1. The summed E-state index contributed by atoms with van der Waals surface area (Å²) in [5, 5.41) is 7.65. The first-order valence-electron chi connectivity index (χ1n) is 7.96. The van der Waals surface area contributed by atoms with Crippen LogP contribution in [0.25, 0.3) is 0 Å². The summed E-state index contributed by atoms with van der Waals surface area (Å²) in [6, 6.07) is 0. The van der Waals surface area contributed by atoms with Gasteiger partial charge in [-0.25, -0.2) is 9.97 Å². The molecule has 22 heavy (non-hydrogen) atoms. The molecule has 0 aromatic carbocycles. The first kappa shape index (κ1) is 15.7.